The molecular weight excluding hydrogens is 613 g/mol. The Labute approximate surface area is 270 Å². The molecule has 0 unspecified atom stereocenters. The lowest BCUT2D eigenvalue weighted by Crippen LogP contribution is -2.24. The molecule has 0 aliphatic rings. The fourth-order valence-corrected chi connectivity index (χ4v) is 4.27. The highest BCUT2D eigenvalue weighted by Crippen LogP contribution is 2.30. The van der Waals surface area contributed by atoms with E-state index in [-0.39, 0.29) is 18.3 Å². The second kappa shape index (κ2) is 17.9. The van der Waals surface area contributed by atoms with Gasteiger partial charge in [-0.05, 0) is 66.7 Å². The maximum atomic E-state index is 13.4. The van der Waals surface area contributed by atoms with Crippen molar-refractivity contribution in [3.05, 3.63) is 118 Å². The number of azide groups is 1. The van der Waals surface area contributed by atoms with Crippen LogP contribution in [-0.2, 0) is 16.1 Å². The Hall–Kier alpha value is -5.20. The molecule has 4 rings (SSSR count). The van der Waals surface area contributed by atoms with Gasteiger partial charge in [-0.3, -0.25) is 4.79 Å². The summed E-state index contributed by atoms with van der Waals surface area (Å²) >= 11 is 6.42. The largest absolute Gasteiger partial charge is 0.487 e. The van der Waals surface area contributed by atoms with Crippen LogP contribution in [0.5, 0.6) is 5.75 Å². The molecule has 46 heavy (non-hydrogen) atoms. The van der Waals surface area contributed by atoms with Crippen molar-refractivity contribution in [2.45, 2.75) is 6.61 Å². The van der Waals surface area contributed by atoms with Crippen molar-refractivity contribution in [2.24, 2.45) is 5.11 Å². The molecule has 0 saturated carbocycles. The highest BCUT2D eigenvalue weighted by atomic mass is 35.5. The molecule has 0 aliphatic heterocycles. The zero-order chi connectivity index (χ0) is 32.6. The third-order valence-electron chi connectivity index (χ3n) is 6.26. The van der Waals surface area contributed by atoms with Crippen molar-refractivity contribution in [3.8, 4) is 5.75 Å². The zero-order valence-corrected chi connectivity index (χ0v) is 25.8. The molecule has 3 N–H and O–H groups in total. The minimum absolute atomic E-state index is 0.185. The van der Waals surface area contributed by atoms with E-state index in [1.165, 1.54) is 24.5 Å². The Balaban J connectivity index is 1.25. The highest BCUT2D eigenvalue weighted by Gasteiger charge is 2.07. The predicted octanol–water partition coefficient (Wildman–Crippen LogP) is 7.09. The van der Waals surface area contributed by atoms with Crippen LogP contribution in [0.2, 0.25) is 5.02 Å². The molecule has 4 aromatic rings. The number of carbonyl (C=O) groups is 1. The second-order valence-corrected chi connectivity index (χ2v) is 10.3. The lowest BCUT2D eigenvalue weighted by Gasteiger charge is -2.14. The number of carbonyl (C=O) groups excluding carboxylic acids is 1. The number of benzene rings is 3. The molecule has 12 nitrogen and oxygen atoms in total. The van der Waals surface area contributed by atoms with Crippen LogP contribution in [0.4, 0.5) is 33.1 Å². The molecule has 0 bridgehead atoms. The van der Waals surface area contributed by atoms with Crippen LogP contribution < -0.4 is 20.7 Å². The van der Waals surface area contributed by atoms with Crippen molar-refractivity contribution >= 4 is 46.2 Å². The quantitative estimate of drug-likeness (QED) is 0.0362. The van der Waals surface area contributed by atoms with Crippen LogP contribution in [0.25, 0.3) is 10.4 Å². The van der Waals surface area contributed by atoms with Gasteiger partial charge >= 0.3 is 0 Å². The average molecular weight is 646 g/mol. The normalized spacial score (nSPS) is 10.9. The van der Waals surface area contributed by atoms with Crippen LogP contribution in [-0.4, -0.2) is 60.7 Å². The van der Waals surface area contributed by atoms with Crippen LogP contribution in [0.1, 0.15) is 5.56 Å². The topological polar surface area (TPSA) is 149 Å². The fourth-order valence-electron chi connectivity index (χ4n) is 4.04. The van der Waals surface area contributed by atoms with E-state index in [0.29, 0.717) is 72.2 Å². The first-order valence-corrected chi connectivity index (χ1v) is 14.6. The molecule has 0 aliphatic carbocycles. The molecule has 3 aromatic carbocycles. The van der Waals surface area contributed by atoms with Crippen molar-refractivity contribution in [1.82, 2.24) is 14.9 Å². The first-order valence-electron chi connectivity index (χ1n) is 14.3. The number of hydrogen-bond acceptors (Lipinski definition) is 9. The third kappa shape index (κ3) is 11.7. The summed E-state index contributed by atoms with van der Waals surface area (Å²) in [6.07, 6.45) is 4.68. The van der Waals surface area contributed by atoms with Crippen molar-refractivity contribution in [1.29, 1.82) is 0 Å². The molecular formula is C32H33ClFN9O3. The minimum atomic E-state index is -0.325. The summed E-state index contributed by atoms with van der Waals surface area (Å²) in [6, 6.07) is 20.4. The van der Waals surface area contributed by atoms with E-state index < -0.39 is 0 Å². The molecule has 1 aromatic heterocycles. The number of aromatic nitrogens is 2. The number of rotatable bonds is 17. The number of halogens is 2. The lowest BCUT2D eigenvalue weighted by atomic mass is 10.2. The Bertz CT molecular complexity index is 1680. The molecule has 0 radical (unpaired) electrons. The Morgan fingerprint density at radius 3 is 2.54 bits per heavy atom. The van der Waals surface area contributed by atoms with Gasteiger partial charge in [0.1, 0.15) is 36.1 Å². The monoisotopic (exact) mass is 645 g/mol. The van der Waals surface area contributed by atoms with E-state index >= 15 is 0 Å². The van der Waals surface area contributed by atoms with E-state index in [4.69, 9.17) is 26.6 Å². The van der Waals surface area contributed by atoms with Crippen molar-refractivity contribution in [2.75, 3.05) is 55.8 Å². The maximum Gasteiger partial charge on any atom is 0.248 e. The van der Waals surface area contributed by atoms with Crippen LogP contribution >= 0.6 is 11.6 Å². The average Bonchev–Trinajstić information content (AvgIpc) is 3.03. The SMILES string of the molecule is CN(C/C=C/C(=O)Nc1cccc(Nc2cc(Nc3ccc(OCc4cccc(F)c4)c(Cl)c3)ncn2)c1)CCOCCN=[N+]=[N-]. The smallest absolute Gasteiger partial charge is 0.248 e. The third-order valence-corrected chi connectivity index (χ3v) is 6.56. The molecule has 1 heterocycles. The number of amides is 1. The highest BCUT2D eigenvalue weighted by molar-refractivity contribution is 6.32. The summed E-state index contributed by atoms with van der Waals surface area (Å²) < 4.78 is 24.6. The van der Waals surface area contributed by atoms with Gasteiger partial charge in [0.15, 0.2) is 0 Å². The van der Waals surface area contributed by atoms with Gasteiger partial charge < -0.3 is 30.3 Å². The predicted molar refractivity (Wildman–Crippen MR) is 177 cm³/mol. The van der Waals surface area contributed by atoms with Gasteiger partial charge in [-0.2, -0.15) is 0 Å². The zero-order valence-electron chi connectivity index (χ0n) is 25.1. The molecule has 0 fully saturated rings. The Morgan fingerprint density at radius 2 is 1.78 bits per heavy atom. The maximum absolute atomic E-state index is 13.4. The lowest BCUT2D eigenvalue weighted by molar-refractivity contribution is -0.111. The van der Waals surface area contributed by atoms with E-state index in [9.17, 15) is 9.18 Å². The Kier molecular flexibility index (Phi) is 13.1. The first kappa shape index (κ1) is 33.7. The van der Waals surface area contributed by atoms with Gasteiger partial charge in [-0.15, -0.1) is 0 Å². The summed E-state index contributed by atoms with van der Waals surface area (Å²) in [5, 5.41) is 13.1. The van der Waals surface area contributed by atoms with E-state index in [0.717, 1.165) is 5.69 Å². The molecule has 238 valence electrons. The number of nitrogens with zero attached hydrogens (tertiary/aromatic N) is 6. The van der Waals surface area contributed by atoms with E-state index in [2.05, 4.69) is 35.9 Å². The van der Waals surface area contributed by atoms with Gasteiger partial charge in [0.2, 0.25) is 5.91 Å². The van der Waals surface area contributed by atoms with Crippen molar-refractivity contribution in [3.63, 3.8) is 0 Å². The van der Waals surface area contributed by atoms with Crippen LogP contribution in [0.15, 0.2) is 96.4 Å². The second-order valence-electron chi connectivity index (χ2n) is 9.90. The minimum Gasteiger partial charge on any atom is -0.487 e. The van der Waals surface area contributed by atoms with Crippen molar-refractivity contribution < 1.29 is 18.7 Å². The fraction of sp³-hybridized carbons (Fsp3) is 0.219. The van der Waals surface area contributed by atoms with E-state index in [1.807, 2.05) is 24.1 Å². The number of ether oxygens (including phenoxy) is 2. The number of nitrogens with one attached hydrogen (secondary N) is 3. The number of anilines is 5. The molecule has 0 saturated heterocycles. The summed E-state index contributed by atoms with van der Waals surface area (Å²) in [5.74, 6) is 0.953. The summed E-state index contributed by atoms with van der Waals surface area (Å²) in [5.41, 5.74) is 11.0. The van der Waals surface area contributed by atoms with E-state index in [1.54, 1.807) is 54.6 Å². The summed E-state index contributed by atoms with van der Waals surface area (Å²) in [6.45, 7) is 2.60. The number of likely N-dealkylation sites (N-methyl/N-ethyl adjacent to an activating group) is 1. The first-order chi connectivity index (χ1) is 22.4. The summed E-state index contributed by atoms with van der Waals surface area (Å²) in [4.78, 5) is 25.7. The standard InChI is InChI=1S/C32H33ClFN9O3/c1-43(14-16-45-15-12-38-42-35)13-4-9-32(44)41-26-8-3-7-25(18-26)39-30-20-31(37-22-36-30)40-27-10-11-29(28(33)19-27)46-21-23-5-2-6-24(34)17-23/h2-11,17-20,22H,12-16,21H2,1H3,(H,41,44)(H2,36,37,39,40)/b9-4+. The van der Waals surface area contributed by atoms with Gasteiger partial charge in [0.05, 0.1) is 18.2 Å². The van der Waals surface area contributed by atoms with Crippen LogP contribution in [0, 0.1) is 5.82 Å². The molecule has 14 heteroatoms. The van der Waals surface area contributed by atoms with Gasteiger partial charge in [0.25, 0.3) is 0 Å². The van der Waals surface area contributed by atoms with Gasteiger partial charge in [-0.25, -0.2) is 14.4 Å². The van der Waals surface area contributed by atoms with Gasteiger partial charge in [-0.1, -0.05) is 41.0 Å². The summed E-state index contributed by atoms with van der Waals surface area (Å²) in [7, 11) is 1.92. The number of hydrogen-bond donors (Lipinski definition) is 3. The molecule has 0 atom stereocenters. The Morgan fingerprint density at radius 1 is 1.02 bits per heavy atom. The van der Waals surface area contributed by atoms with Gasteiger partial charge in [0, 0.05) is 53.8 Å². The molecule has 1 amide bonds. The molecule has 0 spiro atoms. The van der Waals surface area contributed by atoms with Crippen LogP contribution in [0.3, 0.4) is 0 Å².